The van der Waals surface area contributed by atoms with Gasteiger partial charge in [0.15, 0.2) is 11.5 Å². The maximum atomic E-state index is 13.9. The number of hydrogen-bond acceptors (Lipinski definition) is 4. The average Bonchev–Trinajstić information content (AvgIpc) is 2.56. The number of aliphatic hydroxyl groups excluding tert-OH is 1. The Bertz CT molecular complexity index is 721. The molecule has 0 unspecified atom stereocenters. The van der Waals surface area contributed by atoms with Crippen LogP contribution in [0.4, 0.5) is 4.39 Å². The first-order chi connectivity index (χ1) is 12.4. The minimum Gasteiger partial charge on any atom is -0.490 e. The molecule has 0 fully saturated rings. The lowest BCUT2D eigenvalue weighted by atomic mass is 10.2. The molecule has 0 heterocycles. The molecule has 0 bridgehead atoms. The summed E-state index contributed by atoms with van der Waals surface area (Å²) in [5, 5.41) is 13.1. The quantitative estimate of drug-likeness (QED) is 0.645. The average molecular weight is 402 g/mol. The lowest BCUT2D eigenvalue weighted by Crippen LogP contribution is -2.23. The zero-order valence-corrected chi connectivity index (χ0v) is 16.2. The van der Waals surface area contributed by atoms with Gasteiger partial charge in [0.2, 0.25) is 0 Å². The molecule has 4 nitrogen and oxygen atoms in total. The van der Waals surface area contributed by atoms with Crippen molar-refractivity contribution in [1.82, 2.24) is 5.32 Å². The molecule has 0 radical (unpaired) electrons. The Hall–Kier alpha value is -1.53. The predicted octanol–water partition coefficient (Wildman–Crippen LogP) is 4.58. The summed E-state index contributed by atoms with van der Waals surface area (Å²) >= 11 is 12.4. The number of ether oxygens (including phenoxy) is 2. The molecule has 0 aliphatic rings. The molecule has 26 heavy (non-hydrogen) atoms. The summed E-state index contributed by atoms with van der Waals surface area (Å²) in [6, 6.07) is 8.02. The van der Waals surface area contributed by atoms with E-state index in [1.807, 2.05) is 13.0 Å². The fourth-order valence-corrected chi connectivity index (χ4v) is 2.87. The van der Waals surface area contributed by atoms with Crippen LogP contribution >= 0.6 is 23.2 Å². The summed E-state index contributed by atoms with van der Waals surface area (Å²) in [6.45, 7) is 4.90. The lowest BCUT2D eigenvalue weighted by Gasteiger charge is -2.16. The van der Waals surface area contributed by atoms with Gasteiger partial charge in [0, 0.05) is 18.7 Å². The van der Waals surface area contributed by atoms with E-state index in [1.54, 1.807) is 19.1 Å². The van der Waals surface area contributed by atoms with E-state index < -0.39 is 11.9 Å². The number of rotatable bonds is 9. The smallest absolute Gasteiger partial charge is 0.180 e. The number of benzene rings is 2. The Kier molecular flexibility index (Phi) is 7.97. The standard InChI is InChI=1S/C19H22Cl2FNO3/c1-3-25-18-8-13(10-23-9-12(2)24)7-16(21)19(18)26-11-14-15(20)5-4-6-17(14)22/h4-8,12,23-24H,3,9-11H2,1-2H3/t12-/m0/s1. The van der Waals surface area contributed by atoms with Crippen molar-refractivity contribution in [2.45, 2.75) is 33.1 Å². The molecule has 142 valence electrons. The Balaban J connectivity index is 2.18. The molecule has 1 atom stereocenters. The van der Waals surface area contributed by atoms with E-state index in [2.05, 4.69) is 5.32 Å². The van der Waals surface area contributed by atoms with Gasteiger partial charge in [-0.1, -0.05) is 29.3 Å². The molecular formula is C19H22Cl2FNO3. The molecule has 2 rings (SSSR count). The van der Waals surface area contributed by atoms with E-state index in [1.165, 1.54) is 12.1 Å². The highest BCUT2D eigenvalue weighted by atomic mass is 35.5. The van der Waals surface area contributed by atoms with Gasteiger partial charge in [-0.05, 0) is 43.7 Å². The third-order valence-electron chi connectivity index (χ3n) is 3.56. The summed E-state index contributed by atoms with van der Waals surface area (Å²) in [4.78, 5) is 0. The maximum Gasteiger partial charge on any atom is 0.180 e. The zero-order chi connectivity index (χ0) is 19.1. The van der Waals surface area contributed by atoms with Gasteiger partial charge in [-0.2, -0.15) is 0 Å². The molecule has 2 aromatic carbocycles. The normalized spacial score (nSPS) is 12.1. The molecular weight excluding hydrogens is 380 g/mol. The van der Waals surface area contributed by atoms with E-state index in [9.17, 15) is 9.50 Å². The Labute approximate surface area is 162 Å². The summed E-state index contributed by atoms with van der Waals surface area (Å²) in [5.41, 5.74) is 1.14. The molecule has 2 N–H and O–H groups in total. The van der Waals surface area contributed by atoms with E-state index in [-0.39, 0.29) is 17.2 Å². The summed E-state index contributed by atoms with van der Waals surface area (Å²) in [7, 11) is 0. The van der Waals surface area contributed by atoms with Gasteiger partial charge in [-0.3, -0.25) is 0 Å². The third-order valence-corrected chi connectivity index (χ3v) is 4.20. The van der Waals surface area contributed by atoms with E-state index in [4.69, 9.17) is 32.7 Å². The van der Waals surface area contributed by atoms with Crippen LogP contribution < -0.4 is 14.8 Å². The van der Waals surface area contributed by atoms with Crippen LogP contribution in [0.5, 0.6) is 11.5 Å². The van der Waals surface area contributed by atoms with Crippen molar-refractivity contribution in [2.75, 3.05) is 13.2 Å². The topological polar surface area (TPSA) is 50.7 Å². The second-order valence-corrected chi connectivity index (χ2v) is 6.62. The maximum absolute atomic E-state index is 13.9. The van der Waals surface area contributed by atoms with Gasteiger partial charge in [-0.25, -0.2) is 4.39 Å². The van der Waals surface area contributed by atoms with Crippen molar-refractivity contribution < 1.29 is 19.0 Å². The van der Waals surface area contributed by atoms with Crippen molar-refractivity contribution in [2.24, 2.45) is 0 Å². The Morgan fingerprint density at radius 1 is 1.19 bits per heavy atom. The van der Waals surface area contributed by atoms with Crippen LogP contribution in [0.15, 0.2) is 30.3 Å². The molecule has 0 spiro atoms. The van der Waals surface area contributed by atoms with Crippen LogP contribution in [0.1, 0.15) is 25.0 Å². The highest BCUT2D eigenvalue weighted by Gasteiger charge is 2.15. The van der Waals surface area contributed by atoms with Gasteiger partial charge in [0.1, 0.15) is 12.4 Å². The van der Waals surface area contributed by atoms with Crippen molar-refractivity contribution in [3.8, 4) is 11.5 Å². The molecule has 2 aromatic rings. The number of halogens is 3. The lowest BCUT2D eigenvalue weighted by molar-refractivity contribution is 0.191. The van der Waals surface area contributed by atoms with Gasteiger partial charge in [0.05, 0.1) is 22.8 Å². The monoisotopic (exact) mass is 401 g/mol. The SMILES string of the molecule is CCOc1cc(CNC[C@H](C)O)cc(Cl)c1OCc1c(F)cccc1Cl. The minimum atomic E-state index is -0.440. The number of hydrogen-bond donors (Lipinski definition) is 2. The first-order valence-corrected chi connectivity index (χ1v) is 9.07. The van der Waals surface area contributed by atoms with Crippen LogP contribution in [0, 0.1) is 5.82 Å². The molecule has 0 aliphatic heterocycles. The first-order valence-electron chi connectivity index (χ1n) is 8.32. The predicted molar refractivity (Wildman–Crippen MR) is 102 cm³/mol. The van der Waals surface area contributed by atoms with E-state index in [0.717, 1.165) is 5.56 Å². The molecule has 0 aliphatic carbocycles. The fourth-order valence-electron chi connectivity index (χ4n) is 2.37. The molecule has 0 saturated heterocycles. The highest BCUT2D eigenvalue weighted by molar-refractivity contribution is 6.32. The van der Waals surface area contributed by atoms with Gasteiger partial charge >= 0.3 is 0 Å². The number of aliphatic hydroxyl groups is 1. The van der Waals surface area contributed by atoms with Crippen molar-refractivity contribution >= 4 is 23.2 Å². The minimum absolute atomic E-state index is 0.0646. The first kappa shape index (κ1) is 20.8. The van der Waals surface area contributed by atoms with Crippen LogP contribution in [0.3, 0.4) is 0 Å². The second-order valence-electron chi connectivity index (χ2n) is 5.81. The van der Waals surface area contributed by atoms with Crippen molar-refractivity contribution in [1.29, 1.82) is 0 Å². The van der Waals surface area contributed by atoms with E-state index in [0.29, 0.717) is 36.2 Å². The molecule has 0 amide bonds. The Morgan fingerprint density at radius 3 is 2.62 bits per heavy atom. The largest absolute Gasteiger partial charge is 0.490 e. The summed E-state index contributed by atoms with van der Waals surface area (Å²) in [6.07, 6.45) is -0.440. The van der Waals surface area contributed by atoms with Crippen LogP contribution in [-0.2, 0) is 13.2 Å². The Morgan fingerprint density at radius 2 is 1.96 bits per heavy atom. The van der Waals surface area contributed by atoms with Gasteiger partial charge in [-0.15, -0.1) is 0 Å². The van der Waals surface area contributed by atoms with Gasteiger partial charge in [0.25, 0.3) is 0 Å². The van der Waals surface area contributed by atoms with Crippen molar-refractivity contribution in [3.05, 3.63) is 57.3 Å². The van der Waals surface area contributed by atoms with Crippen LogP contribution in [0.2, 0.25) is 10.0 Å². The molecule has 7 heteroatoms. The zero-order valence-electron chi connectivity index (χ0n) is 14.7. The fraction of sp³-hybridized carbons (Fsp3) is 0.368. The number of nitrogens with one attached hydrogen (secondary N) is 1. The molecule has 0 aromatic heterocycles. The summed E-state index contributed by atoms with van der Waals surface area (Å²) in [5.74, 6) is 0.374. The van der Waals surface area contributed by atoms with Crippen molar-refractivity contribution in [3.63, 3.8) is 0 Å². The summed E-state index contributed by atoms with van der Waals surface area (Å²) < 4.78 is 25.3. The van der Waals surface area contributed by atoms with Crippen LogP contribution in [0.25, 0.3) is 0 Å². The van der Waals surface area contributed by atoms with Gasteiger partial charge < -0.3 is 19.9 Å². The van der Waals surface area contributed by atoms with E-state index >= 15 is 0 Å². The molecule has 0 saturated carbocycles. The highest BCUT2D eigenvalue weighted by Crippen LogP contribution is 2.37. The third kappa shape index (κ3) is 5.74. The second kappa shape index (κ2) is 9.97. The van der Waals surface area contributed by atoms with Crippen LogP contribution in [-0.4, -0.2) is 24.4 Å².